The second-order valence-electron chi connectivity index (χ2n) is 5.83. The smallest absolute Gasteiger partial charge is 0.324 e. The van der Waals surface area contributed by atoms with Gasteiger partial charge in [0.2, 0.25) is 5.91 Å². The number of amides is 4. The van der Waals surface area contributed by atoms with Crippen LogP contribution >= 0.6 is 0 Å². The first-order valence-electron chi connectivity index (χ1n) is 8.15. The highest BCUT2D eigenvalue weighted by Crippen LogP contribution is 2.15. The highest BCUT2D eigenvalue weighted by atomic mass is 16.5. The Bertz CT molecular complexity index is 834. The van der Waals surface area contributed by atoms with Crippen LogP contribution in [0.4, 0.5) is 4.79 Å². The number of urea groups is 1. The SMILES string of the molecule is COc1cccc(CNC(=O)c2ccccc2CN2C(=O)CNC2=O)c1. The molecular weight excluding hydrogens is 334 g/mol. The first-order chi connectivity index (χ1) is 12.6. The van der Waals surface area contributed by atoms with Gasteiger partial charge in [0.05, 0.1) is 20.2 Å². The van der Waals surface area contributed by atoms with Crippen LogP contribution in [0.25, 0.3) is 0 Å². The van der Waals surface area contributed by atoms with Gasteiger partial charge in [-0.3, -0.25) is 14.5 Å². The zero-order valence-corrected chi connectivity index (χ0v) is 14.3. The summed E-state index contributed by atoms with van der Waals surface area (Å²) in [6.45, 7) is 0.393. The van der Waals surface area contributed by atoms with Crippen LogP contribution in [0.15, 0.2) is 48.5 Å². The summed E-state index contributed by atoms with van der Waals surface area (Å²) in [5.41, 5.74) is 1.95. The van der Waals surface area contributed by atoms with E-state index in [1.54, 1.807) is 31.4 Å². The molecule has 2 N–H and O–H groups in total. The van der Waals surface area contributed by atoms with Gasteiger partial charge in [0, 0.05) is 12.1 Å². The normalized spacial score (nSPS) is 13.5. The second-order valence-corrected chi connectivity index (χ2v) is 5.83. The maximum Gasteiger partial charge on any atom is 0.324 e. The van der Waals surface area contributed by atoms with Crippen molar-refractivity contribution >= 4 is 17.8 Å². The van der Waals surface area contributed by atoms with Gasteiger partial charge in [-0.15, -0.1) is 0 Å². The number of rotatable bonds is 6. The number of imide groups is 1. The first kappa shape index (κ1) is 17.5. The Morgan fingerprint density at radius 1 is 1.19 bits per heavy atom. The van der Waals surface area contributed by atoms with E-state index in [9.17, 15) is 14.4 Å². The lowest BCUT2D eigenvalue weighted by atomic mass is 10.1. The standard InChI is InChI=1S/C19H19N3O4/c1-26-15-7-4-5-13(9-15)10-20-18(24)16-8-3-2-6-14(16)12-22-17(23)11-21-19(22)25/h2-9H,10-12H2,1H3,(H,20,24)(H,21,25). The molecule has 0 radical (unpaired) electrons. The summed E-state index contributed by atoms with van der Waals surface area (Å²) in [5.74, 6) is 0.146. The van der Waals surface area contributed by atoms with Crippen molar-refractivity contribution in [1.82, 2.24) is 15.5 Å². The van der Waals surface area contributed by atoms with E-state index < -0.39 is 6.03 Å². The number of nitrogens with zero attached hydrogens (tertiary/aromatic N) is 1. The third-order valence-electron chi connectivity index (χ3n) is 4.11. The number of carbonyl (C=O) groups excluding carboxylic acids is 3. The van der Waals surface area contributed by atoms with Crippen LogP contribution in [-0.2, 0) is 17.9 Å². The largest absolute Gasteiger partial charge is 0.497 e. The molecule has 4 amide bonds. The first-order valence-corrected chi connectivity index (χ1v) is 8.15. The van der Waals surface area contributed by atoms with Crippen molar-refractivity contribution < 1.29 is 19.1 Å². The zero-order valence-electron chi connectivity index (χ0n) is 14.3. The molecule has 1 aliphatic rings. The van der Waals surface area contributed by atoms with E-state index in [0.717, 1.165) is 16.2 Å². The summed E-state index contributed by atoms with van der Waals surface area (Å²) in [6, 6.07) is 13.9. The van der Waals surface area contributed by atoms with Crippen LogP contribution in [0.5, 0.6) is 5.75 Å². The molecule has 0 unspecified atom stereocenters. The number of benzene rings is 2. The third kappa shape index (κ3) is 3.83. The van der Waals surface area contributed by atoms with Crippen molar-refractivity contribution in [2.24, 2.45) is 0 Å². The molecule has 0 bridgehead atoms. The van der Waals surface area contributed by atoms with E-state index in [1.807, 2.05) is 24.3 Å². The molecule has 0 aromatic heterocycles. The molecule has 7 heteroatoms. The van der Waals surface area contributed by atoms with E-state index >= 15 is 0 Å². The number of hydrogen-bond acceptors (Lipinski definition) is 4. The number of ether oxygens (including phenoxy) is 1. The summed E-state index contributed by atoms with van der Waals surface area (Å²) in [7, 11) is 1.59. The molecule has 1 fully saturated rings. The molecule has 134 valence electrons. The fourth-order valence-corrected chi connectivity index (χ4v) is 2.73. The van der Waals surface area contributed by atoms with Gasteiger partial charge >= 0.3 is 6.03 Å². The molecular formula is C19H19N3O4. The Kier molecular flexibility index (Phi) is 5.17. The van der Waals surface area contributed by atoms with Gasteiger partial charge in [0.25, 0.3) is 5.91 Å². The highest BCUT2D eigenvalue weighted by molar-refractivity contribution is 6.02. The van der Waals surface area contributed by atoms with E-state index in [-0.39, 0.29) is 24.9 Å². The van der Waals surface area contributed by atoms with Crippen LogP contribution in [0.2, 0.25) is 0 Å². The lowest BCUT2D eigenvalue weighted by Crippen LogP contribution is -2.32. The van der Waals surface area contributed by atoms with Gasteiger partial charge in [0.15, 0.2) is 0 Å². The van der Waals surface area contributed by atoms with Crippen LogP contribution in [0.3, 0.4) is 0 Å². The van der Waals surface area contributed by atoms with E-state index in [0.29, 0.717) is 17.7 Å². The van der Waals surface area contributed by atoms with Crippen molar-refractivity contribution in [3.8, 4) is 5.75 Å². The van der Waals surface area contributed by atoms with Crippen molar-refractivity contribution in [3.63, 3.8) is 0 Å². The summed E-state index contributed by atoms with van der Waals surface area (Å²) in [6.07, 6.45) is 0. The Morgan fingerprint density at radius 2 is 2.00 bits per heavy atom. The molecule has 0 spiro atoms. The van der Waals surface area contributed by atoms with Crippen molar-refractivity contribution in [3.05, 3.63) is 65.2 Å². The molecule has 0 atom stereocenters. The number of carbonyl (C=O) groups is 3. The van der Waals surface area contributed by atoms with Crippen LogP contribution < -0.4 is 15.4 Å². The summed E-state index contributed by atoms with van der Waals surface area (Å²) in [4.78, 5) is 37.2. The predicted octanol–water partition coefficient (Wildman–Crippen LogP) is 1.68. The van der Waals surface area contributed by atoms with Gasteiger partial charge in [-0.25, -0.2) is 4.79 Å². The Morgan fingerprint density at radius 3 is 2.73 bits per heavy atom. The molecule has 26 heavy (non-hydrogen) atoms. The maximum absolute atomic E-state index is 12.6. The van der Waals surface area contributed by atoms with Crippen LogP contribution in [0, 0.1) is 0 Å². The van der Waals surface area contributed by atoms with Crippen LogP contribution in [-0.4, -0.2) is 36.4 Å². The van der Waals surface area contributed by atoms with Crippen molar-refractivity contribution in [2.75, 3.05) is 13.7 Å². The Balaban J connectivity index is 1.71. The summed E-state index contributed by atoms with van der Waals surface area (Å²) >= 11 is 0. The lowest BCUT2D eigenvalue weighted by molar-refractivity contribution is -0.125. The minimum absolute atomic E-state index is 0.0109. The minimum Gasteiger partial charge on any atom is -0.497 e. The average molecular weight is 353 g/mol. The quantitative estimate of drug-likeness (QED) is 0.774. The lowest BCUT2D eigenvalue weighted by Gasteiger charge is -2.15. The van der Waals surface area contributed by atoms with Crippen LogP contribution in [0.1, 0.15) is 21.5 Å². The molecule has 0 saturated carbocycles. The monoisotopic (exact) mass is 353 g/mol. The molecule has 0 aliphatic carbocycles. The summed E-state index contributed by atoms with van der Waals surface area (Å²) in [5, 5.41) is 5.33. The van der Waals surface area contributed by atoms with Gasteiger partial charge in [-0.2, -0.15) is 0 Å². The predicted molar refractivity (Wildman–Crippen MR) is 94.6 cm³/mol. The second kappa shape index (κ2) is 7.69. The van der Waals surface area contributed by atoms with Gasteiger partial charge in [-0.05, 0) is 29.3 Å². The zero-order chi connectivity index (χ0) is 18.5. The molecule has 2 aromatic carbocycles. The Hall–Kier alpha value is -3.35. The van der Waals surface area contributed by atoms with Gasteiger partial charge in [-0.1, -0.05) is 30.3 Å². The third-order valence-corrected chi connectivity index (χ3v) is 4.11. The molecule has 2 aromatic rings. The van der Waals surface area contributed by atoms with E-state index in [2.05, 4.69) is 10.6 Å². The molecule has 1 heterocycles. The highest BCUT2D eigenvalue weighted by Gasteiger charge is 2.29. The van der Waals surface area contributed by atoms with Gasteiger partial charge < -0.3 is 15.4 Å². The van der Waals surface area contributed by atoms with Crippen molar-refractivity contribution in [1.29, 1.82) is 0 Å². The fourth-order valence-electron chi connectivity index (χ4n) is 2.73. The van der Waals surface area contributed by atoms with Crippen molar-refractivity contribution in [2.45, 2.75) is 13.1 Å². The molecule has 7 nitrogen and oxygen atoms in total. The molecule has 1 saturated heterocycles. The fraction of sp³-hybridized carbons (Fsp3) is 0.211. The van der Waals surface area contributed by atoms with Gasteiger partial charge in [0.1, 0.15) is 5.75 Å². The number of nitrogens with one attached hydrogen (secondary N) is 2. The van der Waals surface area contributed by atoms with E-state index in [4.69, 9.17) is 4.74 Å². The Labute approximate surface area is 150 Å². The maximum atomic E-state index is 12.6. The van der Waals surface area contributed by atoms with E-state index in [1.165, 1.54) is 0 Å². The number of methoxy groups -OCH3 is 1. The molecule has 3 rings (SSSR count). The molecule has 1 aliphatic heterocycles. The topological polar surface area (TPSA) is 87.7 Å². The average Bonchev–Trinajstić information content (AvgIpc) is 2.98. The summed E-state index contributed by atoms with van der Waals surface area (Å²) < 4.78 is 5.17. The number of hydrogen-bond donors (Lipinski definition) is 2. The minimum atomic E-state index is -0.443.